The van der Waals surface area contributed by atoms with Gasteiger partial charge in [0.1, 0.15) is 12.6 Å². The van der Waals surface area contributed by atoms with Crippen molar-refractivity contribution >= 4 is 17.9 Å². The number of hydrogen-bond donors (Lipinski definition) is 2. The molecule has 7 heteroatoms. The molecule has 0 radical (unpaired) electrons. The van der Waals surface area contributed by atoms with E-state index in [1.807, 2.05) is 74.5 Å². The van der Waals surface area contributed by atoms with Crippen LogP contribution in [0, 0.1) is 5.92 Å². The van der Waals surface area contributed by atoms with Gasteiger partial charge in [0, 0.05) is 20.2 Å². The van der Waals surface area contributed by atoms with E-state index in [-0.39, 0.29) is 24.3 Å². The van der Waals surface area contributed by atoms with Crippen molar-refractivity contribution in [2.75, 3.05) is 14.1 Å². The van der Waals surface area contributed by atoms with Crippen molar-refractivity contribution in [3.63, 3.8) is 0 Å². The zero-order valence-electron chi connectivity index (χ0n) is 20.4. The van der Waals surface area contributed by atoms with Crippen LogP contribution in [0.15, 0.2) is 72.8 Å². The Morgan fingerprint density at radius 1 is 0.912 bits per heavy atom. The van der Waals surface area contributed by atoms with Gasteiger partial charge in [0.2, 0.25) is 11.8 Å². The molecule has 7 nitrogen and oxygen atoms in total. The predicted octanol–water partition coefficient (Wildman–Crippen LogP) is 3.70. The predicted molar refractivity (Wildman–Crippen MR) is 133 cm³/mol. The van der Waals surface area contributed by atoms with Crippen LogP contribution in [0.5, 0.6) is 0 Å². The lowest BCUT2D eigenvalue weighted by Crippen LogP contribution is -2.50. The summed E-state index contributed by atoms with van der Waals surface area (Å²) in [5.74, 6) is -0.328. The number of amides is 3. The second-order valence-electron chi connectivity index (χ2n) is 8.78. The van der Waals surface area contributed by atoms with Gasteiger partial charge in [-0.3, -0.25) is 9.59 Å². The van der Waals surface area contributed by atoms with Crippen molar-refractivity contribution < 1.29 is 19.1 Å². The molecule has 2 unspecified atom stereocenters. The highest BCUT2D eigenvalue weighted by Gasteiger charge is 2.24. The van der Waals surface area contributed by atoms with Gasteiger partial charge in [-0.15, -0.1) is 0 Å². The van der Waals surface area contributed by atoms with Crippen LogP contribution in [0.2, 0.25) is 0 Å². The number of alkyl carbamates (subject to hydrolysis) is 1. The molecule has 182 valence electrons. The number of likely N-dealkylation sites (N-methyl/N-ethyl adjacent to an activating group) is 1. The highest BCUT2D eigenvalue weighted by Crippen LogP contribution is 2.09. The number of nitrogens with zero attached hydrogens (tertiary/aromatic N) is 1. The average Bonchev–Trinajstić information content (AvgIpc) is 2.81. The number of hydrogen-bond acceptors (Lipinski definition) is 4. The van der Waals surface area contributed by atoms with Crippen molar-refractivity contribution in [2.24, 2.45) is 5.92 Å². The number of rotatable bonds is 11. The van der Waals surface area contributed by atoms with Crippen LogP contribution in [-0.2, 0) is 27.4 Å². The fourth-order valence-electron chi connectivity index (χ4n) is 3.28. The van der Waals surface area contributed by atoms with Crippen LogP contribution in [0.3, 0.4) is 0 Å². The highest BCUT2D eigenvalue weighted by molar-refractivity contribution is 5.88. The molecule has 2 aromatic carbocycles. The van der Waals surface area contributed by atoms with Gasteiger partial charge in [0.25, 0.3) is 0 Å². The van der Waals surface area contributed by atoms with Gasteiger partial charge in [-0.05, 0) is 29.9 Å². The van der Waals surface area contributed by atoms with Crippen LogP contribution in [0.4, 0.5) is 4.79 Å². The fraction of sp³-hybridized carbons (Fsp3) is 0.370. The quantitative estimate of drug-likeness (QED) is 0.496. The van der Waals surface area contributed by atoms with Gasteiger partial charge in [0.05, 0.1) is 6.04 Å². The highest BCUT2D eigenvalue weighted by atomic mass is 16.5. The van der Waals surface area contributed by atoms with Crippen LogP contribution in [-0.4, -0.2) is 49.0 Å². The van der Waals surface area contributed by atoms with Gasteiger partial charge in [-0.1, -0.05) is 80.6 Å². The zero-order chi connectivity index (χ0) is 24.9. The Morgan fingerprint density at radius 2 is 1.50 bits per heavy atom. The lowest BCUT2D eigenvalue weighted by molar-refractivity contribution is -0.124. The van der Waals surface area contributed by atoms with E-state index in [4.69, 9.17) is 4.74 Å². The molecule has 0 saturated carbocycles. The van der Waals surface area contributed by atoms with E-state index in [9.17, 15) is 14.4 Å². The standard InChI is InChI=1S/C27H35N3O4/c1-20(2)17-24(29-27(33)34-19-22-13-9-6-10-14-22)26(32)28-23(15-16-25(31)30(3)4)18-21-11-7-5-8-12-21/h5-16,20,23-24H,17-19H2,1-4H3,(H,28,32)(H,29,33)/b16-15+. The van der Waals surface area contributed by atoms with Crippen molar-refractivity contribution in [2.45, 2.75) is 45.4 Å². The van der Waals surface area contributed by atoms with Crippen LogP contribution >= 0.6 is 0 Å². The molecule has 0 spiro atoms. The maximum atomic E-state index is 13.2. The Kier molecular flexibility index (Phi) is 10.8. The minimum Gasteiger partial charge on any atom is -0.445 e. The Balaban J connectivity index is 2.07. The van der Waals surface area contributed by atoms with E-state index < -0.39 is 18.2 Å². The molecule has 0 bridgehead atoms. The van der Waals surface area contributed by atoms with Gasteiger partial charge in [-0.2, -0.15) is 0 Å². The number of carbonyl (C=O) groups excluding carboxylic acids is 3. The van der Waals surface area contributed by atoms with Crippen LogP contribution in [0.1, 0.15) is 31.4 Å². The van der Waals surface area contributed by atoms with E-state index in [1.54, 1.807) is 20.2 Å². The average molecular weight is 466 g/mol. The number of benzene rings is 2. The molecule has 2 atom stereocenters. The van der Waals surface area contributed by atoms with E-state index in [0.717, 1.165) is 11.1 Å². The second-order valence-corrected chi connectivity index (χ2v) is 8.78. The van der Waals surface area contributed by atoms with Gasteiger partial charge >= 0.3 is 6.09 Å². The minimum absolute atomic E-state index is 0.120. The monoisotopic (exact) mass is 465 g/mol. The molecule has 34 heavy (non-hydrogen) atoms. The molecule has 2 N–H and O–H groups in total. The molecule has 2 rings (SSSR count). The van der Waals surface area contributed by atoms with Crippen molar-refractivity contribution in [3.05, 3.63) is 83.9 Å². The number of carbonyl (C=O) groups is 3. The summed E-state index contributed by atoms with van der Waals surface area (Å²) in [6.45, 7) is 4.08. The first-order chi connectivity index (χ1) is 16.2. The summed E-state index contributed by atoms with van der Waals surface area (Å²) in [6.07, 6.45) is 3.45. The summed E-state index contributed by atoms with van der Waals surface area (Å²) in [5, 5.41) is 5.68. The molecule has 0 saturated heterocycles. The smallest absolute Gasteiger partial charge is 0.408 e. The first-order valence-electron chi connectivity index (χ1n) is 11.5. The number of ether oxygens (including phenoxy) is 1. The lowest BCUT2D eigenvalue weighted by atomic mass is 10.0. The first-order valence-corrected chi connectivity index (χ1v) is 11.5. The van der Waals surface area contributed by atoms with E-state index >= 15 is 0 Å². The molecule has 2 aromatic rings. The molecule has 0 heterocycles. The molecule has 0 aliphatic carbocycles. The third-order valence-electron chi connectivity index (χ3n) is 5.07. The summed E-state index contributed by atoms with van der Waals surface area (Å²) in [5.41, 5.74) is 1.88. The lowest BCUT2D eigenvalue weighted by Gasteiger charge is -2.23. The Morgan fingerprint density at radius 3 is 2.06 bits per heavy atom. The van der Waals surface area contributed by atoms with E-state index in [2.05, 4.69) is 10.6 Å². The zero-order valence-corrected chi connectivity index (χ0v) is 20.4. The molecule has 3 amide bonds. The maximum Gasteiger partial charge on any atom is 0.408 e. The minimum atomic E-state index is -0.764. The van der Waals surface area contributed by atoms with Gasteiger partial charge in [0.15, 0.2) is 0 Å². The maximum absolute atomic E-state index is 13.2. The van der Waals surface area contributed by atoms with Crippen molar-refractivity contribution in [1.29, 1.82) is 0 Å². The summed E-state index contributed by atoms with van der Waals surface area (Å²) in [6, 6.07) is 17.9. The SMILES string of the molecule is CC(C)CC(NC(=O)OCc1ccccc1)C(=O)NC(/C=C/C(=O)N(C)C)Cc1ccccc1. The topological polar surface area (TPSA) is 87.7 Å². The molecule has 0 aromatic heterocycles. The second kappa shape index (κ2) is 13.8. The first kappa shape index (κ1) is 26.6. The van der Waals surface area contributed by atoms with Crippen molar-refractivity contribution in [3.8, 4) is 0 Å². The molecule has 0 fully saturated rings. The van der Waals surface area contributed by atoms with Gasteiger partial charge < -0.3 is 20.3 Å². The Bertz CT molecular complexity index is 943. The van der Waals surface area contributed by atoms with Crippen molar-refractivity contribution in [1.82, 2.24) is 15.5 Å². The largest absolute Gasteiger partial charge is 0.445 e. The summed E-state index contributed by atoms with van der Waals surface area (Å²) in [7, 11) is 3.34. The van der Waals surface area contributed by atoms with E-state index in [0.29, 0.717) is 12.8 Å². The third-order valence-corrected chi connectivity index (χ3v) is 5.07. The third kappa shape index (κ3) is 9.90. The Hall–Kier alpha value is -3.61. The van der Waals surface area contributed by atoms with Crippen LogP contribution < -0.4 is 10.6 Å². The van der Waals surface area contributed by atoms with E-state index in [1.165, 1.54) is 11.0 Å². The number of nitrogens with one attached hydrogen (secondary N) is 2. The molecular formula is C27H35N3O4. The molecule has 0 aliphatic heterocycles. The molecular weight excluding hydrogens is 430 g/mol. The Labute approximate surface area is 202 Å². The molecule has 0 aliphatic rings. The van der Waals surface area contributed by atoms with Gasteiger partial charge in [-0.25, -0.2) is 4.79 Å². The summed E-state index contributed by atoms with van der Waals surface area (Å²) in [4.78, 5) is 39.1. The normalized spacial score (nSPS) is 12.7. The van der Waals surface area contributed by atoms with Crippen LogP contribution in [0.25, 0.3) is 0 Å². The summed E-state index contributed by atoms with van der Waals surface area (Å²) >= 11 is 0. The summed E-state index contributed by atoms with van der Waals surface area (Å²) < 4.78 is 5.30. The fourth-order valence-corrected chi connectivity index (χ4v) is 3.28.